The molecule has 1 unspecified atom stereocenters. The van der Waals surface area contributed by atoms with Gasteiger partial charge in [-0.3, -0.25) is 0 Å². The first kappa shape index (κ1) is 10.7. The predicted molar refractivity (Wildman–Crippen MR) is 63.8 cm³/mol. The topological polar surface area (TPSA) is 62.4 Å². The monoisotopic (exact) mass is 271 g/mol. The summed E-state index contributed by atoms with van der Waals surface area (Å²) in [5.74, 6) is 1.29. The molecule has 0 spiro atoms. The molecular formula is C10H14BrN3O. The molecule has 1 aliphatic rings. The Bertz CT molecular complexity index is 359. The van der Waals surface area contributed by atoms with Gasteiger partial charge in [-0.25, -0.2) is 4.98 Å². The van der Waals surface area contributed by atoms with Crippen LogP contribution in [0, 0.1) is 5.92 Å². The lowest BCUT2D eigenvalue weighted by molar-refractivity contribution is 0.238. The molecule has 0 aromatic carbocycles. The molecule has 1 saturated heterocycles. The van der Waals surface area contributed by atoms with Crippen molar-refractivity contribution in [1.29, 1.82) is 0 Å². The predicted octanol–water partition coefficient (Wildman–Crippen LogP) is 1.24. The first-order valence-electron chi connectivity index (χ1n) is 4.97. The zero-order valence-electron chi connectivity index (χ0n) is 8.36. The van der Waals surface area contributed by atoms with Crippen LogP contribution in [0.15, 0.2) is 16.7 Å². The highest BCUT2D eigenvalue weighted by Gasteiger charge is 2.23. The van der Waals surface area contributed by atoms with Gasteiger partial charge in [-0.2, -0.15) is 0 Å². The minimum atomic E-state index is 0.253. The zero-order chi connectivity index (χ0) is 10.8. The van der Waals surface area contributed by atoms with E-state index in [4.69, 9.17) is 10.8 Å². The van der Waals surface area contributed by atoms with Gasteiger partial charge in [0.1, 0.15) is 5.82 Å². The molecule has 1 aliphatic heterocycles. The van der Waals surface area contributed by atoms with Crippen LogP contribution in [0.25, 0.3) is 0 Å². The van der Waals surface area contributed by atoms with Gasteiger partial charge in [0, 0.05) is 25.6 Å². The first-order valence-corrected chi connectivity index (χ1v) is 5.77. The Morgan fingerprint density at radius 3 is 3.07 bits per heavy atom. The summed E-state index contributed by atoms with van der Waals surface area (Å²) in [5.41, 5.74) is 6.28. The third-order valence-corrected chi connectivity index (χ3v) is 3.27. The maximum absolute atomic E-state index is 9.07. The molecule has 2 heterocycles. The number of nitrogens with zero attached hydrogens (tertiary/aromatic N) is 2. The Labute approximate surface area is 97.2 Å². The van der Waals surface area contributed by atoms with E-state index < -0.39 is 0 Å². The van der Waals surface area contributed by atoms with E-state index in [-0.39, 0.29) is 6.61 Å². The Hall–Kier alpha value is -0.810. The van der Waals surface area contributed by atoms with Crippen molar-refractivity contribution in [2.45, 2.75) is 6.42 Å². The van der Waals surface area contributed by atoms with Crippen LogP contribution < -0.4 is 10.6 Å². The Morgan fingerprint density at radius 2 is 2.47 bits per heavy atom. The Morgan fingerprint density at radius 1 is 1.67 bits per heavy atom. The summed E-state index contributed by atoms with van der Waals surface area (Å²) in [5, 5.41) is 9.07. The van der Waals surface area contributed by atoms with Crippen LogP contribution in [0.3, 0.4) is 0 Å². The minimum Gasteiger partial charge on any atom is -0.397 e. The van der Waals surface area contributed by atoms with E-state index in [0.717, 1.165) is 29.8 Å². The molecule has 0 saturated carbocycles. The van der Waals surface area contributed by atoms with Crippen molar-refractivity contribution >= 4 is 27.4 Å². The summed E-state index contributed by atoms with van der Waals surface area (Å²) in [6.07, 6.45) is 2.68. The molecule has 0 radical (unpaired) electrons. The molecule has 1 aromatic rings. The number of aliphatic hydroxyl groups excluding tert-OH is 1. The molecule has 4 nitrogen and oxygen atoms in total. The van der Waals surface area contributed by atoms with Gasteiger partial charge in [-0.15, -0.1) is 0 Å². The van der Waals surface area contributed by atoms with Crippen LogP contribution in [-0.4, -0.2) is 29.8 Å². The molecule has 1 aromatic heterocycles. The van der Waals surface area contributed by atoms with E-state index in [1.54, 1.807) is 6.20 Å². The molecule has 0 bridgehead atoms. The second kappa shape index (κ2) is 4.37. The first-order chi connectivity index (χ1) is 7.20. The number of anilines is 2. The van der Waals surface area contributed by atoms with Crippen molar-refractivity contribution in [3.63, 3.8) is 0 Å². The van der Waals surface area contributed by atoms with E-state index in [1.807, 2.05) is 6.07 Å². The van der Waals surface area contributed by atoms with E-state index >= 15 is 0 Å². The number of nitrogen functional groups attached to an aromatic ring is 1. The molecule has 0 amide bonds. The molecular weight excluding hydrogens is 258 g/mol. The summed E-state index contributed by atoms with van der Waals surface area (Å²) in [6, 6.07) is 1.86. The second-order valence-electron chi connectivity index (χ2n) is 3.86. The summed E-state index contributed by atoms with van der Waals surface area (Å²) >= 11 is 3.45. The van der Waals surface area contributed by atoms with Gasteiger partial charge in [0.2, 0.25) is 0 Å². The minimum absolute atomic E-state index is 0.253. The molecule has 82 valence electrons. The summed E-state index contributed by atoms with van der Waals surface area (Å²) < 4.78 is 0.918. The van der Waals surface area contributed by atoms with E-state index in [9.17, 15) is 0 Å². The van der Waals surface area contributed by atoms with Crippen molar-refractivity contribution in [3.8, 4) is 0 Å². The SMILES string of the molecule is Nc1cnc(N2CCC(CO)C2)c(Br)c1. The van der Waals surface area contributed by atoms with E-state index in [1.165, 1.54) is 0 Å². The normalized spacial score (nSPS) is 20.9. The van der Waals surface area contributed by atoms with Crippen molar-refractivity contribution in [2.75, 3.05) is 30.3 Å². The highest BCUT2D eigenvalue weighted by molar-refractivity contribution is 9.10. The number of hydrogen-bond acceptors (Lipinski definition) is 4. The van der Waals surface area contributed by atoms with E-state index in [0.29, 0.717) is 11.6 Å². The largest absolute Gasteiger partial charge is 0.397 e. The fourth-order valence-corrected chi connectivity index (χ4v) is 2.47. The number of aromatic nitrogens is 1. The summed E-state index contributed by atoms with van der Waals surface area (Å²) in [4.78, 5) is 6.47. The fraction of sp³-hybridized carbons (Fsp3) is 0.500. The molecule has 1 atom stereocenters. The zero-order valence-corrected chi connectivity index (χ0v) is 9.94. The van der Waals surface area contributed by atoms with Crippen molar-refractivity contribution in [2.24, 2.45) is 5.92 Å². The van der Waals surface area contributed by atoms with Gasteiger partial charge in [0.05, 0.1) is 16.4 Å². The van der Waals surface area contributed by atoms with Crippen LogP contribution in [0.5, 0.6) is 0 Å². The number of hydrogen-bond donors (Lipinski definition) is 2. The Kier molecular flexibility index (Phi) is 3.11. The number of rotatable bonds is 2. The third-order valence-electron chi connectivity index (χ3n) is 2.69. The standard InChI is InChI=1S/C10H14BrN3O/c11-9-3-8(12)4-13-10(9)14-2-1-7(5-14)6-15/h3-4,7,15H,1-2,5-6,12H2. The summed E-state index contributed by atoms with van der Waals surface area (Å²) in [7, 11) is 0. The molecule has 0 aliphatic carbocycles. The highest BCUT2D eigenvalue weighted by atomic mass is 79.9. The average Bonchev–Trinajstić information content (AvgIpc) is 2.66. The molecule has 2 rings (SSSR count). The average molecular weight is 272 g/mol. The van der Waals surface area contributed by atoms with Gasteiger partial charge in [-0.1, -0.05) is 0 Å². The van der Waals surface area contributed by atoms with Crippen LogP contribution in [0.2, 0.25) is 0 Å². The number of pyridine rings is 1. The van der Waals surface area contributed by atoms with Crippen LogP contribution in [-0.2, 0) is 0 Å². The molecule has 5 heteroatoms. The highest BCUT2D eigenvalue weighted by Crippen LogP contribution is 2.29. The van der Waals surface area contributed by atoms with Gasteiger partial charge in [0.25, 0.3) is 0 Å². The smallest absolute Gasteiger partial charge is 0.143 e. The molecule has 1 fully saturated rings. The lowest BCUT2D eigenvalue weighted by Gasteiger charge is -2.18. The third kappa shape index (κ3) is 2.23. The summed E-state index contributed by atoms with van der Waals surface area (Å²) in [6.45, 7) is 2.07. The lowest BCUT2D eigenvalue weighted by Crippen LogP contribution is -2.22. The van der Waals surface area contributed by atoms with Crippen molar-refractivity contribution < 1.29 is 5.11 Å². The maximum atomic E-state index is 9.07. The fourth-order valence-electron chi connectivity index (χ4n) is 1.85. The Balaban J connectivity index is 2.17. The molecule has 3 N–H and O–H groups in total. The van der Waals surface area contributed by atoms with Crippen LogP contribution in [0.1, 0.15) is 6.42 Å². The van der Waals surface area contributed by atoms with E-state index in [2.05, 4.69) is 25.8 Å². The second-order valence-corrected chi connectivity index (χ2v) is 4.71. The van der Waals surface area contributed by atoms with Gasteiger partial charge < -0.3 is 15.7 Å². The van der Waals surface area contributed by atoms with Gasteiger partial charge >= 0.3 is 0 Å². The van der Waals surface area contributed by atoms with Crippen molar-refractivity contribution in [1.82, 2.24) is 4.98 Å². The lowest BCUT2D eigenvalue weighted by atomic mass is 10.1. The van der Waals surface area contributed by atoms with Gasteiger partial charge in [-0.05, 0) is 28.4 Å². The number of nitrogens with two attached hydrogens (primary N) is 1. The quantitative estimate of drug-likeness (QED) is 0.850. The van der Waals surface area contributed by atoms with Crippen LogP contribution >= 0.6 is 15.9 Å². The number of aliphatic hydroxyl groups is 1. The maximum Gasteiger partial charge on any atom is 0.143 e. The van der Waals surface area contributed by atoms with Gasteiger partial charge in [0.15, 0.2) is 0 Å². The van der Waals surface area contributed by atoms with Crippen molar-refractivity contribution in [3.05, 3.63) is 16.7 Å². The number of halogens is 1. The molecule has 15 heavy (non-hydrogen) atoms. The van der Waals surface area contributed by atoms with Crippen LogP contribution in [0.4, 0.5) is 11.5 Å².